The summed E-state index contributed by atoms with van der Waals surface area (Å²) in [5, 5.41) is 9.17. The molecule has 0 amide bonds. The molecule has 5 nitrogen and oxygen atoms in total. The zero-order valence-corrected chi connectivity index (χ0v) is 23.8. The molecular formula is C31H41N3O2S. The van der Waals surface area contributed by atoms with Gasteiger partial charge in [0, 0.05) is 28.3 Å². The molecule has 2 aromatic rings. The predicted octanol–water partition coefficient (Wildman–Crippen LogP) is 6.92. The number of nitrogens with one attached hydrogen (secondary N) is 1. The largest absolute Gasteiger partial charge is 0.466 e. The van der Waals surface area contributed by atoms with E-state index in [-0.39, 0.29) is 27.6 Å². The van der Waals surface area contributed by atoms with E-state index in [0.29, 0.717) is 23.6 Å². The lowest BCUT2D eigenvalue weighted by molar-refractivity contribution is -0.180. The number of hydrogen-bond donors (Lipinski definition) is 1. The topological polar surface area (TPSA) is 56.1 Å². The van der Waals surface area contributed by atoms with Crippen molar-refractivity contribution in [3.63, 3.8) is 0 Å². The third-order valence-corrected chi connectivity index (χ3v) is 11.4. The highest BCUT2D eigenvalue weighted by Crippen LogP contribution is 2.72. The number of thiocarbonyl (C=S) groups is 1. The second kappa shape index (κ2) is 8.39. The number of rotatable bonds is 3. The summed E-state index contributed by atoms with van der Waals surface area (Å²) >= 11 is 5.83. The smallest absolute Gasteiger partial charge is 0.312 e. The molecule has 0 aliphatic heterocycles. The van der Waals surface area contributed by atoms with Crippen molar-refractivity contribution in [3.05, 3.63) is 47.3 Å². The van der Waals surface area contributed by atoms with Crippen LogP contribution in [0, 0.1) is 29.6 Å². The maximum absolute atomic E-state index is 13.3. The highest BCUT2D eigenvalue weighted by Gasteiger charge is 2.68. The fraction of sp³-hybridized carbons (Fsp3) is 0.645. The number of ether oxygens (including phenoxy) is 1. The van der Waals surface area contributed by atoms with Crippen LogP contribution in [0.15, 0.2) is 30.5 Å². The van der Waals surface area contributed by atoms with E-state index in [1.807, 2.05) is 11.6 Å². The van der Waals surface area contributed by atoms with Crippen molar-refractivity contribution in [1.82, 2.24) is 9.78 Å². The van der Waals surface area contributed by atoms with Crippen LogP contribution in [-0.4, -0.2) is 27.5 Å². The van der Waals surface area contributed by atoms with Crippen molar-refractivity contribution >= 4 is 29.0 Å². The van der Waals surface area contributed by atoms with Gasteiger partial charge >= 0.3 is 5.97 Å². The standard InChI is InChI=1S/C31H41N3O2S/c1-6-36-26(35)30(5)15-7-14-29(4)23(30)13-17-31-19-28(3,16-12-24(29)31)25-22(31)18-34(33-25)27(37)32-21-10-8-20(2)9-11-21/h8-11,18,23-24H,6-7,12-17,19H2,1-5H3,(H,32,37)/t23-,24-,28-,29+,30+,31+/m0/s1. The van der Waals surface area contributed by atoms with E-state index in [1.165, 1.54) is 36.1 Å². The summed E-state index contributed by atoms with van der Waals surface area (Å²) in [6.45, 7) is 11.6. The van der Waals surface area contributed by atoms with Gasteiger partial charge in [-0.05, 0) is 107 Å². The Labute approximate surface area is 226 Å². The summed E-state index contributed by atoms with van der Waals surface area (Å²) in [6, 6.07) is 8.32. The summed E-state index contributed by atoms with van der Waals surface area (Å²) in [5.74, 6) is 0.949. The first-order chi connectivity index (χ1) is 17.6. The van der Waals surface area contributed by atoms with Crippen molar-refractivity contribution in [2.75, 3.05) is 11.9 Å². The Balaban J connectivity index is 1.35. The number of aromatic nitrogens is 2. The molecule has 3 saturated carbocycles. The number of carbonyl (C=O) groups excluding carboxylic acids is 1. The third kappa shape index (κ3) is 3.50. The van der Waals surface area contributed by atoms with Crippen LogP contribution in [0.5, 0.6) is 0 Å². The first kappa shape index (κ1) is 25.1. The fourth-order valence-electron chi connectivity index (χ4n) is 9.52. The van der Waals surface area contributed by atoms with Gasteiger partial charge < -0.3 is 10.1 Å². The van der Waals surface area contributed by atoms with Crippen LogP contribution in [0.2, 0.25) is 0 Å². The highest BCUT2D eigenvalue weighted by molar-refractivity contribution is 7.80. The predicted molar refractivity (Wildman–Crippen MR) is 151 cm³/mol. The Bertz CT molecular complexity index is 1250. The molecule has 0 unspecified atom stereocenters. The number of carbonyl (C=O) groups is 1. The van der Waals surface area contributed by atoms with Gasteiger partial charge in [-0.1, -0.05) is 38.0 Å². The lowest BCUT2D eigenvalue weighted by Crippen LogP contribution is -2.60. The van der Waals surface area contributed by atoms with Gasteiger partial charge in [-0.15, -0.1) is 0 Å². The quantitative estimate of drug-likeness (QED) is 0.352. The van der Waals surface area contributed by atoms with Crippen molar-refractivity contribution in [2.45, 2.75) is 96.8 Å². The Kier molecular flexibility index (Phi) is 5.69. The highest BCUT2D eigenvalue weighted by atomic mass is 32.1. The number of anilines is 1. The van der Waals surface area contributed by atoms with Gasteiger partial charge in [0.2, 0.25) is 0 Å². The Morgan fingerprint density at radius 2 is 1.84 bits per heavy atom. The van der Waals surface area contributed by atoms with Crippen LogP contribution >= 0.6 is 12.2 Å². The molecular weight excluding hydrogens is 478 g/mol. The van der Waals surface area contributed by atoms with Gasteiger partial charge in [0.1, 0.15) is 0 Å². The van der Waals surface area contributed by atoms with E-state index < -0.39 is 0 Å². The first-order valence-corrected chi connectivity index (χ1v) is 14.6. The third-order valence-electron chi connectivity index (χ3n) is 11.1. The number of nitrogens with zero attached hydrogens (tertiary/aromatic N) is 2. The Hall–Kier alpha value is -2.21. The Morgan fingerprint density at radius 1 is 1.11 bits per heavy atom. The van der Waals surface area contributed by atoms with Crippen LogP contribution < -0.4 is 5.32 Å². The van der Waals surface area contributed by atoms with Crippen LogP contribution in [0.4, 0.5) is 5.69 Å². The average molecular weight is 520 g/mol. The van der Waals surface area contributed by atoms with E-state index in [1.54, 1.807) is 0 Å². The molecule has 1 heterocycles. The minimum Gasteiger partial charge on any atom is -0.466 e. The van der Waals surface area contributed by atoms with Crippen LogP contribution in [0.1, 0.15) is 95.9 Å². The minimum absolute atomic E-state index is 0.0231. The molecule has 0 saturated heterocycles. The zero-order valence-electron chi connectivity index (χ0n) is 23.0. The molecule has 6 rings (SSSR count). The van der Waals surface area contributed by atoms with Crippen molar-refractivity contribution in [3.8, 4) is 0 Å². The summed E-state index contributed by atoms with van der Waals surface area (Å²) in [7, 11) is 0. The molecule has 1 aromatic carbocycles. The first-order valence-electron chi connectivity index (χ1n) is 14.2. The van der Waals surface area contributed by atoms with Gasteiger partial charge in [-0.3, -0.25) is 4.79 Å². The maximum atomic E-state index is 13.3. The number of aryl methyl sites for hydroxylation is 1. The zero-order chi connectivity index (χ0) is 26.2. The lowest BCUT2D eigenvalue weighted by Gasteiger charge is -2.64. The molecule has 198 valence electrons. The molecule has 4 aliphatic carbocycles. The molecule has 37 heavy (non-hydrogen) atoms. The molecule has 0 radical (unpaired) electrons. The second-order valence-electron chi connectivity index (χ2n) is 13.2. The molecule has 3 fully saturated rings. The van der Waals surface area contributed by atoms with E-state index in [4.69, 9.17) is 22.1 Å². The van der Waals surface area contributed by atoms with E-state index in [2.05, 4.69) is 63.5 Å². The summed E-state index contributed by atoms with van der Waals surface area (Å²) in [6.07, 6.45) is 11.2. The van der Waals surface area contributed by atoms with Gasteiger partial charge in [0.25, 0.3) is 0 Å². The fourth-order valence-corrected chi connectivity index (χ4v) is 9.73. The normalized spacial score (nSPS) is 37.8. The molecule has 1 aromatic heterocycles. The van der Waals surface area contributed by atoms with Gasteiger partial charge in [0.15, 0.2) is 5.11 Å². The molecule has 1 N–H and O–H groups in total. The van der Waals surface area contributed by atoms with Crippen molar-refractivity contribution in [1.29, 1.82) is 0 Å². The molecule has 2 bridgehead atoms. The summed E-state index contributed by atoms with van der Waals surface area (Å²) in [4.78, 5) is 13.3. The van der Waals surface area contributed by atoms with E-state index >= 15 is 0 Å². The summed E-state index contributed by atoms with van der Waals surface area (Å²) in [5.41, 5.74) is 4.87. The van der Waals surface area contributed by atoms with Crippen LogP contribution in [0.25, 0.3) is 0 Å². The lowest BCUT2D eigenvalue weighted by atomic mass is 9.40. The Morgan fingerprint density at radius 3 is 2.57 bits per heavy atom. The molecule has 1 spiro atoms. The minimum atomic E-state index is -0.378. The summed E-state index contributed by atoms with van der Waals surface area (Å²) < 4.78 is 7.57. The molecule has 4 aliphatic rings. The average Bonchev–Trinajstić information content (AvgIpc) is 3.38. The van der Waals surface area contributed by atoms with Gasteiger partial charge in [-0.25, -0.2) is 4.68 Å². The monoisotopic (exact) mass is 519 g/mol. The maximum Gasteiger partial charge on any atom is 0.312 e. The number of benzene rings is 1. The number of esters is 1. The number of hydrogen-bond acceptors (Lipinski definition) is 4. The number of fused-ring (bicyclic) bond motifs is 5. The van der Waals surface area contributed by atoms with Crippen molar-refractivity contribution < 1.29 is 9.53 Å². The van der Waals surface area contributed by atoms with Gasteiger partial charge in [0.05, 0.1) is 17.7 Å². The molecule has 6 atom stereocenters. The van der Waals surface area contributed by atoms with E-state index in [0.717, 1.165) is 37.8 Å². The van der Waals surface area contributed by atoms with Crippen molar-refractivity contribution in [2.24, 2.45) is 22.7 Å². The SMILES string of the molecule is CCOC(=O)[C@]1(C)CCC[C@@]2(C)[C@@H]3CC[C@@]4(C)C[C@]3(CC[C@@H]21)c1cn(C(=S)Nc2ccc(C)cc2)nc14. The van der Waals surface area contributed by atoms with Crippen LogP contribution in [0.3, 0.4) is 0 Å². The van der Waals surface area contributed by atoms with E-state index in [9.17, 15) is 4.79 Å². The van der Waals surface area contributed by atoms with Gasteiger partial charge in [-0.2, -0.15) is 5.10 Å². The van der Waals surface area contributed by atoms with Crippen LogP contribution in [-0.2, 0) is 20.4 Å². The second-order valence-corrected chi connectivity index (χ2v) is 13.6. The molecule has 6 heteroatoms.